The maximum atomic E-state index is 12.8. The first-order chi connectivity index (χ1) is 30.0. The first-order valence-corrected chi connectivity index (χ1v) is 26.5. The zero-order valence-corrected chi connectivity index (χ0v) is 40.7. The van der Waals surface area contributed by atoms with Crippen LogP contribution < -0.4 is 0 Å². The quantitative estimate of drug-likeness (QED) is 0.0262. The predicted octanol–water partition coefficient (Wildman–Crippen LogP) is 17.3. The molecule has 0 aliphatic heterocycles. The van der Waals surface area contributed by atoms with Gasteiger partial charge in [-0.05, 0) is 96.3 Å². The van der Waals surface area contributed by atoms with Crippen LogP contribution in [0.15, 0.2) is 36.5 Å². The number of hydrogen-bond donors (Lipinski definition) is 0. The Balaban J connectivity index is 4.36. The van der Waals surface area contributed by atoms with Crippen molar-refractivity contribution in [3.8, 4) is 0 Å². The molecule has 6 nitrogen and oxygen atoms in total. The number of ether oxygens (including phenoxy) is 3. The minimum Gasteiger partial charge on any atom is -0.462 e. The highest BCUT2D eigenvalue weighted by molar-refractivity contribution is 5.71. The number of hydrogen-bond acceptors (Lipinski definition) is 6. The van der Waals surface area contributed by atoms with Gasteiger partial charge in [-0.3, -0.25) is 14.4 Å². The van der Waals surface area contributed by atoms with E-state index in [0.29, 0.717) is 19.3 Å². The molecule has 0 aromatic rings. The minimum atomic E-state index is -0.778. The van der Waals surface area contributed by atoms with Crippen LogP contribution in [0, 0.1) is 0 Å². The van der Waals surface area contributed by atoms with Gasteiger partial charge in [0.15, 0.2) is 6.10 Å². The lowest BCUT2D eigenvalue weighted by Gasteiger charge is -2.18. The lowest BCUT2D eigenvalue weighted by molar-refractivity contribution is -0.167. The number of rotatable bonds is 48. The van der Waals surface area contributed by atoms with Gasteiger partial charge in [-0.15, -0.1) is 0 Å². The van der Waals surface area contributed by atoms with E-state index in [4.69, 9.17) is 14.2 Å². The molecule has 0 aliphatic rings. The normalized spacial score (nSPS) is 12.2. The van der Waals surface area contributed by atoms with Crippen molar-refractivity contribution in [2.24, 2.45) is 0 Å². The zero-order chi connectivity index (χ0) is 44.4. The monoisotopic (exact) mass is 857 g/mol. The third-order valence-corrected chi connectivity index (χ3v) is 11.6. The zero-order valence-electron chi connectivity index (χ0n) is 40.7. The summed E-state index contributed by atoms with van der Waals surface area (Å²) < 4.78 is 16.8. The predicted molar refractivity (Wildman–Crippen MR) is 261 cm³/mol. The lowest BCUT2D eigenvalue weighted by atomic mass is 10.1. The highest BCUT2D eigenvalue weighted by Crippen LogP contribution is 2.15. The summed E-state index contributed by atoms with van der Waals surface area (Å²) in [5, 5.41) is 0. The Hall–Kier alpha value is -2.37. The number of unbranched alkanes of at least 4 members (excludes halogenated alkanes) is 31. The summed E-state index contributed by atoms with van der Waals surface area (Å²) in [5.41, 5.74) is 0. The van der Waals surface area contributed by atoms with Crippen LogP contribution in [0.4, 0.5) is 0 Å². The van der Waals surface area contributed by atoms with Gasteiger partial charge in [-0.25, -0.2) is 0 Å². The van der Waals surface area contributed by atoms with Crippen molar-refractivity contribution >= 4 is 17.9 Å². The van der Waals surface area contributed by atoms with Crippen LogP contribution in [0.5, 0.6) is 0 Å². The molecule has 6 heteroatoms. The summed E-state index contributed by atoms with van der Waals surface area (Å²) in [7, 11) is 0. The Morgan fingerprint density at radius 1 is 0.311 bits per heavy atom. The molecule has 0 fully saturated rings. The average molecular weight is 857 g/mol. The van der Waals surface area contributed by atoms with Gasteiger partial charge in [0, 0.05) is 19.3 Å². The van der Waals surface area contributed by atoms with E-state index in [9.17, 15) is 14.4 Å². The Kier molecular flexibility index (Phi) is 48.3. The second kappa shape index (κ2) is 50.3. The number of carbonyl (C=O) groups excluding carboxylic acids is 3. The molecule has 0 amide bonds. The molecule has 0 N–H and O–H groups in total. The van der Waals surface area contributed by atoms with Gasteiger partial charge in [-0.1, -0.05) is 198 Å². The maximum absolute atomic E-state index is 12.8. The summed E-state index contributed by atoms with van der Waals surface area (Å²) in [6.07, 6.45) is 58.4. The van der Waals surface area contributed by atoms with E-state index in [0.717, 1.165) is 77.0 Å². The molecule has 0 saturated heterocycles. The van der Waals surface area contributed by atoms with Gasteiger partial charge < -0.3 is 14.2 Å². The summed E-state index contributed by atoms with van der Waals surface area (Å²) in [5.74, 6) is -0.891. The Morgan fingerprint density at radius 2 is 0.541 bits per heavy atom. The van der Waals surface area contributed by atoms with Crippen LogP contribution in [0.25, 0.3) is 0 Å². The number of allylic oxidation sites excluding steroid dienone is 6. The molecule has 0 heterocycles. The second-order valence-corrected chi connectivity index (χ2v) is 17.8. The largest absolute Gasteiger partial charge is 0.462 e. The van der Waals surface area contributed by atoms with Gasteiger partial charge >= 0.3 is 17.9 Å². The molecule has 1 atom stereocenters. The topological polar surface area (TPSA) is 78.9 Å². The van der Waals surface area contributed by atoms with Crippen LogP contribution >= 0.6 is 0 Å². The number of carbonyl (C=O) groups is 3. The Bertz CT molecular complexity index is 1030. The van der Waals surface area contributed by atoms with E-state index in [2.05, 4.69) is 57.2 Å². The molecule has 0 bridgehead atoms. The molecule has 0 spiro atoms. The third-order valence-electron chi connectivity index (χ3n) is 11.6. The highest BCUT2D eigenvalue weighted by atomic mass is 16.6. The van der Waals surface area contributed by atoms with Gasteiger partial charge in [0.05, 0.1) is 0 Å². The molecule has 0 aromatic heterocycles. The second-order valence-electron chi connectivity index (χ2n) is 17.8. The molecule has 0 aliphatic carbocycles. The van der Waals surface area contributed by atoms with Gasteiger partial charge in [0.25, 0.3) is 0 Å². The fraction of sp³-hybridized carbons (Fsp3) is 0.836. The van der Waals surface area contributed by atoms with Crippen molar-refractivity contribution in [3.05, 3.63) is 36.5 Å². The van der Waals surface area contributed by atoms with E-state index in [-0.39, 0.29) is 31.1 Å². The SMILES string of the molecule is CCCCCC/C=C\CCCCCCCC(=O)OC[C@@H](COC(=O)CCCCCCCCC/C=C\CCCCCCCC)OC(=O)CCCCCCC/C=C\CCCCCC. The summed E-state index contributed by atoms with van der Waals surface area (Å²) in [4.78, 5) is 38.0. The maximum Gasteiger partial charge on any atom is 0.306 e. The molecule has 61 heavy (non-hydrogen) atoms. The van der Waals surface area contributed by atoms with Gasteiger partial charge in [0.2, 0.25) is 0 Å². The Labute approximate surface area is 378 Å². The molecule has 0 saturated carbocycles. The minimum absolute atomic E-state index is 0.0788. The highest BCUT2D eigenvalue weighted by Gasteiger charge is 2.19. The van der Waals surface area contributed by atoms with Crippen molar-refractivity contribution in [3.63, 3.8) is 0 Å². The fourth-order valence-corrected chi connectivity index (χ4v) is 7.54. The summed E-state index contributed by atoms with van der Waals surface area (Å²) in [6, 6.07) is 0. The van der Waals surface area contributed by atoms with E-state index in [1.54, 1.807) is 0 Å². The van der Waals surface area contributed by atoms with Crippen LogP contribution in [0.1, 0.15) is 278 Å². The van der Waals surface area contributed by atoms with Crippen LogP contribution in [-0.4, -0.2) is 37.2 Å². The van der Waals surface area contributed by atoms with E-state index in [1.807, 2.05) is 0 Å². The smallest absolute Gasteiger partial charge is 0.306 e. The van der Waals surface area contributed by atoms with Crippen LogP contribution in [-0.2, 0) is 28.6 Å². The molecule has 0 radical (unpaired) electrons. The molecular weight excluding hydrogens is 757 g/mol. The van der Waals surface area contributed by atoms with Crippen molar-refractivity contribution in [2.75, 3.05) is 13.2 Å². The van der Waals surface area contributed by atoms with E-state index < -0.39 is 6.10 Å². The first-order valence-electron chi connectivity index (χ1n) is 26.5. The van der Waals surface area contributed by atoms with Crippen LogP contribution in [0.3, 0.4) is 0 Å². The standard InChI is InChI=1S/C55H100O6/c1-4-7-10-13-16-19-22-25-26-27-28-31-33-36-39-42-45-48-54(57)60-51-52(61-55(58)49-46-43-40-37-34-30-24-21-18-15-12-9-6-3)50-59-53(56)47-44-41-38-35-32-29-23-20-17-14-11-8-5-2/h20-21,23-26,52H,4-19,22,27-51H2,1-3H3/b23-20-,24-21-,26-25-/t52-/m0/s1. The molecule has 0 rings (SSSR count). The average Bonchev–Trinajstić information content (AvgIpc) is 3.26. The van der Waals surface area contributed by atoms with Crippen molar-refractivity contribution in [2.45, 2.75) is 284 Å². The molecule has 356 valence electrons. The molecular formula is C55H100O6. The van der Waals surface area contributed by atoms with Crippen molar-refractivity contribution in [1.82, 2.24) is 0 Å². The summed E-state index contributed by atoms with van der Waals surface area (Å²) >= 11 is 0. The van der Waals surface area contributed by atoms with E-state index >= 15 is 0 Å². The Morgan fingerprint density at radius 3 is 0.836 bits per heavy atom. The molecule has 0 unspecified atom stereocenters. The first kappa shape index (κ1) is 58.6. The lowest BCUT2D eigenvalue weighted by Crippen LogP contribution is -2.30. The third kappa shape index (κ3) is 48.5. The molecule has 0 aromatic carbocycles. The van der Waals surface area contributed by atoms with Crippen molar-refractivity contribution < 1.29 is 28.6 Å². The van der Waals surface area contributed by atoms with E-state index in [1.165, 1.54) is 161 Å². The summed E-state index contributed by atoms with van der Waals surface area (Å²) in [6.45, 7) is 6.60. The number of esters is 3. The van der Waals surface area contributed by atoms with Crippen molar-refractivity contribution in [1.29, 1.82) is 0 Å². The van der Waals surface area contributed by atoms with Gasteiger partial charge in [-0.2, -0.15) is 0 Å². The fourth-order valence-electron chi connectivity index (χ4n) is 7.54. The van der Waals surface area contributed by atoms with Crippen LogP contribution in [0.2, 0.25) is 0 Å². The van der Waals surface area contributed by atoms with Gasteiger partial charge in [0.1, 0.15) is 13.2 Å².